The molecule has 1 aliphatic heterocycles. The Balaban J connectivity index is 1.20. The Morgan fingerprint density at radius 1 is 1.14 bits per heavy atom. The average molecular weight is 391 g/mol. The number of benzene rings is 1. The second-order valence-electron chi connectivity index (χ2n) is 7.81. The minimum Gasteiger partial charge on any atom is -0.464 e. The van der Waals surface area contributed by atoms with Crippen molar-refractivity contribution in [3.63, 3.8) is 0 Å². The Hall–Kier alpha value is -2.86. The summed E-state index contributed by atoms with van der Waals surface area (Å²) in [4.78, 5) is 19.2. The number of hydrogen-bond donors (Lipinski definition) is 1. The lowest BCUT2D eigenvalue weighted by molar-refractivity contribution is -0.120. The lowest BCUT2D eigenvalue weighted by Crippen LogP contribution is -2.36. The van der Waals surface area contributed by atoms with Crippen LogP contribution in [0.25, 0.3) is 11.0 Å². The monoisotopic (exact) mass is 391 g/mol. The topological polar surface area (TPSA) is 67.6 Å². The van der Waals surface area contributed by atoms with Gasteiger partial charge in [-0.3, -0.25) is 4.79 Å². The highest BCUT2D eigenvalue weighted by molar-refractivity contribution is 5.88. The Kier molecular flexibility index (Phi) is 4.94. The lowest BCUT2D eigenvalue weighted by Gasteiger charge is -2.27. The standard InChI is InChI=1S/C23H25N3O3/c27-23(12-19-15-29-21-11-18-3-1-2-17(18)10-20(19)21)25-14-16-4-5-22(24-13-16)26-6-8-28-9-7-26/h4-5,10-11,13,15H,1-3,6-9,12,14H2,(H,25,27). The van der Waals surface area contributed by atoms with Crippen molar-refractivity contribution in [1.29, 1.82) is 0 Å². The molecule has 0 unspecified atom stereocenters. The van der Waals surface area contributed by atoms with Gasteiger partial charge in [0, 0.05) is 36.8 Å². The molecule has 1 fully saturated rings. The van der Waals surface area contributed by atoms with Crippen LogP contribution >= 0.6 is 0 Å². The van der Waals surface area contributed by atoms with Gasteiger partial charge in [0.2, 0.25) is 5.91 Å². The number of carbonyl (C=O) groups is 1. The number of ether oxygens (including phenoxy) is 1. The first-order valence-electron chi connectivity index (χ1n) is 10.3. The van der Waals surface area contributed by atoms with Gasteiger partial charge in [-0.25, -0.2) is 4.98 Å². The van der Waals surface area contributed by atoms with Crippen molar-refractivity contribution in [3.05, 3.63) is 59.0 Å². The first kappa shape index (κ1) is 18.2. The summed E-state index contributed by atoms with van der Waals surface area (Å²) in [6.45, 7) is 3.69. The van der Waals surface area contributed by atoms with Crippen molar-refractivity contribution in [3.8, 4) is 0 Å². The molecule has 6 nitrogen and oxygen atoms in total. The third kappa shape index (κ3) is 3.85. The Morgan fingerprint density at radius 2 is 1.97 bits per heavy atom. The van der Waals surface area contributed by atoms with Crippen molar-refractivity contribution in [1.82, 2.24) is 10.3 Å². The summed E-state index contributed by atoms with van der Waals surface area (Å²) in [5.74, 6) is 0.950. The van der Waals surface area contributed by atoms with Gasteiger partial charge in [0.1, 0.15) is 11.4 Å². The molecule has 2 aromatic heterocycles. The summed E-state index contributed by atoms with van der Waals surface area (Å²) in [6.07, 6.45) is 7.33. The molecule has 1 saturated heterocycles. The maximum atomic E-state index is 12.5. The Labute approximate surface area is 169 Å². The number of nitrogens with zero attached hydrogens (tertiary/aromatic N) is 2. The van der Waals surface area contributed by atoms with E-state index in [9.17, 15) is 4.79 Å². The normalized spacial score (nSPS) is 16.2. The molecule has 3 aromatic rings. The van der Waals surface area contributed by atoms with E-state index in [-0.39, 0.29) is 5.91 Å². The summed E-state index contributed by atoms with van der Waals surface area (Å²) in [6, 6.07) is 8.38. The zero-order valence-corrected chi connectivity index (χ0v) is 16.4. The molecule has 0 atom stereocenters. The number of aromatic nitrogens is 1. The fraction of sp³-hybridized carbons (Fsp3) is 0.391. The first-order valence-corrected chi connectivity index (χ1v) is 10.3. The number of aryl methyl sites for hydroxylation is 2. The van der Waals surface area contributed by atoms with Crippen LogP contribution in [0.15, 0.2) is 41.1 Å². The maximum Gasteiger partial charge on any atom is 0.224 e. The zero-order valence-electron chi connectivity index (χ0n) is 16.4. The van der Waals surface area contributed by atoms with Crippen molar-refractivity contribution in [2.24, 2.45) is 0 Å². The molecule has 29 heavy (non-hydrogen) atoms. The fourth-order valence-electron chi connectivity index (χ4n) is 4.22. The molecule has 0 spiro atoms. The molecule has 1 aromatic carbocycles. The molecule has 1 N–H and O–H groups in total. The smallest absolute Gasteiger partial charge is 0.224 e. The van der Waals surface area contributed by atoms with E-state index < -0.39 is 0 Å². The Morgan fingerprint density at radius 3 is 2.76 bits per heavy atom. The highest BCUT2D eigenvalue weighted by Gasteiger charge is 2.17. The second kappa shape index (κ2) is 7.87. The molecule has 6 heteroatoms. The molecule has 0 saturated carbocycles. The van der Waals surface area contributed by atoms with Gasteiger partial charge in [-0.2, -0.15) is 0 Å². The third-order valence-corrected chi connectivity index (χ3v) is 5.85. The third-order valence-electron chi connectivity index (χ3n) is 5.85. The van der Waals surface area contributed by atoms with Crippen molar-refractivity contribution in [2.75, 3.05) is 31.2 Å². The minimum absolute atomic E-state index is 0.00884. The summed E-state index contributed by atoms with van der Waals surface area (Å²) >= 11 is 0. The molecule has 1 aliphatic carbocycles. The van der Waals surface area contributed by atoms with E-state index in [1.807, 2.05) is 18.3 Å². The summed E-state index contributed by atoms with van der Waals surface area (Å²) < 4.78 is 11.1. The quantitative estimate of drug-likeness (QED) is 0.724. The van der Waals surface area contributed by atoms with E-state index in [4.69, 9.17) is 9.15 Å². The largest absolute Gasteiger partial charge is 0.464 e. The van der Waals surface area contributed by atoms with Gasteiger partial charge in [-0.1, -0.05) is 6.07 Å². The number of pyridine rings is 1. The number of fused-ring (bicyclic) bond motifs is 2. The average Bonchev–Trinajstić information content (AvgIpc) is 3.38. The zero-order chi connectivity index (χ0) is 19.6. The van der Waals surface area contributed by atoms with Gasteiger partial charge in [0.05, 0.1) is 25.9 Å². The van der Waals surface area contributed by atoms with Crippen molar-refractivity contribution in [2.45, 2.75) is 32.2 Å². The molecule has 3 heterocycles. The van der Waals surface area contributed by atoms with Crippen LogP contribution in [0.5, 0.6) is 0 Å². The molecule has 0 bridgehead atoms. The highest BCUT2D eigenvalue weighted by Crippen LogP contribution is 2.30. The molecule has 1 amide bonds. The Bertz CT molecular complexity index is 1020. The molecule has 150 valence electrons. The van der Waals surface area contributed by atoms with Gasteiger partial charge in [0.25, 0.3) is 0 Å². The summed E-state index contributed by atoms with van der Waals surface area (Å²) in [7, 11) is 0. The van der Waals surface area contributed by atoms with Crippen molar-refractivity contribution >= 4 is 22.7 Å². The van der Waals surface area contributed by atoms with E-state index in [2.05, 4.69) is 27.3 Å². The predicted octanol–water partition coefficient (Wildman–Crippen LogP) is 3.01. The van der Waals surface area contributed by atoms with Crippen molar-refractivity contribution < 1.29 is 13.9 Å². The van der Waals surface area contributed by atoms with Crippen LogP contribution in [0.1, 0.15) is 28.7 Å². The number of carbonyl (C=O) groups excluding carboxylic acids is 1. The first-order chi connectivity index (χ1) is 14.3. The number of hydrogen-bond acceptors (Lipinski definition) is 5. The number of rotatable bonds is 5. The van der Waals surface area contributed by atoms with Gasteiger partial charge in [-0.05, 0) is 54.2 Å². The van der Waals surface area contributed by atoms with E-state index in [1.165, 1.54) is 17.5 Å². The maximum absolute atomic E-state index is 12.5. The van der Waals surface area contributed by atoms with Crippen LogP contribution in [0.4, 0.5) is 5.82 Å². The predicted molar refractivity (Wildman–Crippen MR) is 111 cm³/mol. The van der Waals surface area contributed by atoms with E-state index in [1.54, 1.807) is 6.26 Å². The van der Waals surface area contributed by atoms with Crippen LogP contribution in [0, 0.1) is 0 Å². The second-order valence-corrected chi connectivity index (χ2v) is 7.81. The molecule has 0 radical (unpaired) electrons. The van der Waals surface area contributed by atoms with Crippen LogP contribution in [-0.2, 0) is 35.3 Å². The SMILES string of the molecule is O=C(Cc1coc2cc3c(cc12)CCC3)NCc1ccc(N2CCOCC2)nc1. The van der Waals surface area contributed by atoms with Gasteiger partial charge < -0.3 is 19.4 Å². The van der Waals surface area contributed by atoms with Crippen LogP contribution < -0.4 is 10.2 Å². The highest BCUT2D eigenvalue weighted by atomic mass is 16.5. The van der Waals surface area contributed by atoms with Gasteiger partial charge in [-0.15, -0.1) is 0 Å². The van der Waals surface area contributed by atoms with Crippen LogP contribution in [0.3, 0.4) is 0 Å². The molecule has 5 rings (SSSR count). The molecule has 2 aliphatic rings. The molecular weight excluding hydrogens is 366 g/mol. The van der Waals surface area contributed by atoms with E-state index >= 15 is 0 Å². The van der Waals surface area contributed by atoms with E-state index in [0.29, 0.717) is 13.0 Å². The van der Waals surface area contributed by atoms with Crippen LogP contribution in [0.2, 0.25) is 0 Å². The van der Waals surface area contributed by atoms with E-state index in [0.717, 1.165) is 67.1 Å². The summed E-state index contributed by atoms with van der Waals surface area (Å²) in [5.41, 5.74) is 5.61. The van der Waals surface area contributed by atoms with Gasteiger partial charge >= 0.3 is 0 Å². The number of anilines is 1. The number of amides is 1. The van der Waals surface area contributed by atoms with Crippen LogP contribution in [-0.4, -0.2) is 37.2 Å². The minimum atomic E-state index is -0.00884. The fourth-order valence-corrected chi connectivity index (χ4v) is 4.22. The number of nitrogens with one attached hydrogen (secondary N) is 1. The van der Waals surface area contributed by atoms with Gasteiger partial charge in [0.15, 0.2) is 0 Å². The number of morpholine rings is 1. The number of furan rings is 1. The summed E-state index contributed by atoms with van der Waals surface area (Å²) in [5, 5.41) is 4.07. The molecular formula is C23H25N3O3. The lowest BCUT2D eigenvalue weighted by atomic mass is 10.0.